The minimum Gasteiger partial charge on any atom is -0.507 e. The van der Waals surface area contributed by atoms with Crippen LogP contribution in [0, 0.1) is 10.8 Å². The maximum atomic E-state index is 11.2. The van der Waals surface area contributed by atoms with E-state index in [0.29, 0.717) is 30.4 Å². The predicted octanol–water partition coefficient (Wildman–Crippen LogP) is 5.52. The minimum atomic E-state index is -0.684. The topological polar surface area (TPSA) is 135 Å². The molecule has 33 heavy (non-hydrogen) atoms. The Hall–Kier alpha value is -2.44. The van der Waals surface area contributed by atoms with Crippen LogP contribution in [-0.2, 0) is 22.4 Å². The molecule has 0 spiro atoms. The van der Waals surface area contributed by atoms with E-state index < -0.39 is 22.8 Å². The fraction of sp³-hybridized carbons (Fsp3) is 0.692. The lowest BCUT2D eigenvalue weighted by atomic mass is 9.95. The number of aromatic hydroxyl groups is 3. The van der Waals surface area contributed by atoms with E-state index in [9.17, 15) is 35.1 Å². The maximum absolute atomic E-state index is 11.2. The maximum Gasteiger partial charge on any atom is 0.309 e. The number of phenolic OH excluding ortho intramolecular Hbond substituents is 3. The summed E-state index contributed by atoms with van der Waals surface area (Å²) in [5, 5.41) is 49.4. The zero-order valence-electron chi connectivity index (χ0n) is 19.4. The number of hydrogen-bond acceptors (Lipinski definition) is 5. The molecule has 3 rings (SSSR count). The monoisotopic (exact) mass is 462 g/mol. The Morgan fingerprint density at radius 1 is 0.667 bits per heavy atom. The molecule has 7 nitrogen and oxygen atoms in total. The van der Waals surface area contributed by atoms with Crippen LogP contribution in [0.3, 0.4) is 0 Å². The normalized spacial score (nSPS) is 17.6. The molecule has 0 atom stereocenters. The number of aryl methyl sites for hydroxylation is 1. The average molecular weight is 463 g/mol. The molecule has 0 amide bonds. The standard InChI is InChI=1S/C26H38O7/c27-20-17-18(9-5-1-3-7-11-25(13-14-25)23(30)31)21(28)19(22(20)29)10-6-2-4-8-12-26(15-16-26)24(32)33/h17,27-29H,1-16H2,(H,30,31)(H,32,33). The molecule has 0 radical (unpaired) electrons. The van der Waals surface area contributed by atoms with Gasteiger partial charge in [-0.25, -0.2) is 0 Å². The van der Waals surface area contributed by atoms with Gasteiger partial charge in [0.2, 0.25) is 0 Å². The van der Waals surface area contributed by atoms with E-state index in [1.54, 1.807) is 0 Å². The summed E-state index contributed by atoms with van der Waals surface area (Å²) >= 11 is 0. The molecule has 0 bridgehead atoms. The Morgan fingerprint density at radius 2 is 1.12 bits per heavy atom. The smallest absolute Gasteiger partial charge is 0.309 e. The van der Waals surface area contributed by atoms with Crippen molar-refractivity contribution in [2.24, 2.45) is 10.8 Å². The van der Waals surface area contributed by atoms with E-state index in [-0.39, 0.29) is 17.2 Å². The summed E-state index contributed by atoms with van der Waals surface area (Å²) in [6.45, 7) is 0. The first-order valence-corrected chi connectivity index (χ1v) is 12.4. The number of carbonyl (C=O) groups is 2. The third-order valence-corrected chi connectivity index (χ3v) is 7.73. The highest BCUT2D eigenvalue weighted by molar-refractivity contribution is 5.78. The molecule has 0 saturated heterocycles. The first-order chi connectivity index (χ1) is 15.7. The lowest BCUT2D eigenvalue weighted by molar-refractivity contribution is -0.144. The van der Waals surface area contributed by atoms with Crippen molar-refractivity contribution in [2.45, 2.75) is 103 Å². The second-order valence-corrected chi connectivity index (χ2v) is 10.2. The van der Waals surface area contributed by atoms with Crippen molar-refractivity contribution < 1.29 is 35.1 Å². The molecular formula is C26H38O7. The fourth-order valence-corrected chi connectivity index (χ4v) is 4.88. The summed E-state index contributed by atoms with van der Waals surface area (Å²) in [7, 11) is 0. The Kier molecular flexibility index (Phi) is 8.14. The van der Waals surface area contributed by atoms with E-state index in [4.69, 9.17) is 0 Å². The molecule has 1 aromatic rings. The molecule has 184 valence electrons. The summed E-state index contributed by atoms with van der Waals surface area (Å²) in [6, 6.07) is 1.43. The predicted molar refractivity (Wildman–Crippen MR) is 124 cm³/mol. The van der Waals surface area contributed by atoms with Gasteiger partial charge in [-0.1, -0.05) is 38.5 Å². The van der Waals surface area contributed by atoms with Crippen LogP contribution >= 0.6 is 0 Å². The van der Waals surface area contributed by atoms with Crippen LogP contribution in [0.25, 0.3) is 0 Å². The van der Waals surface area contributed by atoms with Crippen molar-refractivity contribution >= 4 is 11.9 Å². The Balaban J connectivity index is 1.38. The van der Waals surface area contributed by atoms with Crippen LogP contribution in [-0.4, -0.2) is 37.5 Å². The minimum absolute atomic E-state index is 0.0518. The van der Waals surface area contributed by atoms with Crippen molar-refractivity contribution in [1.82, 2.24) is 0 Å². The number of carboxylic acid groups (broad SMARTS) is 2. The second-order valence-electron chi connectivity index (χ2n) is 10.2. The molecule has 2 aliphatic carbocycles. The van der Waals surface area contributed by atoms with Crippen molar-refractivity contribution in [3.63, 3.8) is 0 Å². The van der Waals surface area contributed by atoms with Gasteiger partial charge in [0.1, 0.15) is 5.75 Å². The molecule has 2 fully saturated rings. The van der Waals surface area contributed by atoms with Crippen LogP contribution in [0.1, 0.15) is 101 Å². The van der Waals surface area contributed by atoms with Crippen LogP contribution in [0.2, 0.25) is 0 Å². The summed E-state index contributed by atoms with van der Waals surface area (Å²) in [5.74, 6) is -1.78. The molecule has 7 heteroatoms. The van der Waals surface area contributed by atoms with Crippen molar-refractivity contribution in [1.29, 1.82) is 0 Å². The highest BCUT2D eigenvalue weighted by Crippen LogP contribution is 2.51. The lowest BCUT2D eigenvalue weighted by Crippen LogP contribution is -2.14. The summed E-state index contributed by atoms with van der Waals surface area (Å²) in [6.07, 6.45) is 12.6. The molecule has 0 aliphatic heterocycles. The number of aliphatic carboxylic acids is 2. The SMILES string of the molecule is O=C(O)C1(CCCCCCc2cc(O)c(O)c(CCCCCCC3(C(=O)O)CC3)c2O)CC1. The number of phenols is 3. The highest BCUT2D eigenvalue weighted by Gasteiger charge is 2.49. The lowest BCUT2D eigenvalue weighted by Gasteiger charge is -2.14. The van der Waals surface area contributed by atoms with Crippen LogP contribution in [0.4, 0.5) is 0 Å². The van der Waals surface area contributed by atoms with Crippen molar-refractivity contribution in [3.05, 3.63) is 17.2 Å². The summed E-state index contributed by atoms with van der Waals surface area (Å²) < 4.78 is 0. The van der Waals surface area contributed by atoms with Gasteiger partial charge in [-0.3, -0.25) is 9.59 Å². The number of rotatable bonds is 16. The van der Waals surface area contributed by atoms with Gasteiger partial charge in [0, 0.05) is 5.56 Å². The molecule has 0 aromatic heterocycles. The van der Waals surface area contributed by atoms with Gasteiger partial charge in [-0.05, 0) is 75.8 Å². The van der Waals surface area contributed by atoms with Crippen LogP contribution in [0.5, 0.6) is 17.2 Å². The Bertz CT molecular complexity index is 853. The molecule has 5 N–H and O–H groups in total. The van der Waals surface area contributed by atoms with E-state index in [1.807, 2.05) is 0 Å². The highest BCUT2D eigenvalue weighted by atomic mass is 16.4. The largest absolute Gasteiger partial charge is 0.507 e. The number of carboxylic acids is 2. The van der Waals surface area contributed by atoms with Gasteiger partial charge in [0.15, 0.2) is 11.5 Å². The van der Waals surface area contributed by atoms with E-state index in [2.05, 4.69) is 0 Å². The van der Waals surface area contributed by atoms with E-state index in [1.165, 1.54) is 6.07 Å². The molecular weight excluding hydrogens is 424 g/mol. The second kappa shape index (κ2) is 10.7. The van der Waals surface area contributed by atoms with Crippen LogP contribution < -0.4 is 0 Å². The van der Waals surface area contributed by atoms with Gasteiger partial charge in [0.25, 0.3) is 0 Å². The van der Waals surface area contributed by atoms with Crippen molar-refractivity contribution in [3.8, 4) is 17.2 Å². The first kappa shape index (κ1) is 25.2. The summed E-state index contributed by atoms with van der Waals surface area (Å²) in [5.41, 5.74) is 0.0607. The molecule has 1 aromatic carbocycles. The summed E-state index contributed by atoms with van der Waals surface area (Å²) in [4.78, 5) is 22.4. The van der Waals surface area contributed by atoms with Gasteiger partial charge in [0.05, 0.1) is 10.8 Å². The Labute approximate surface area is 195 Å². The number of unbranched alkanes of at least 4 members (excludes halogenated alkanes) is 6. The van der Waals surface area contributed by atoms with Gasteiger partial charge in [-0.2, -0.15) is 0 Å². The number of benzene rings is 1. The molecule has 0 unspecified atom stereocenters. The fourth-order valence-electron chi connectivity index (χ4n) is 4.88. The molecule has 2 aliphatic rings. The van der Waals surface area contributed by atoms with Gasteiger partial charge < -0.3 is 25.5 Å². The number of hydrogen-bond donors (Lipinski definition) is 5. The van der Waals surface area contributed by atoms with Gasteiger partial charge in [-0.15, -0.1) is 0 Å². The average Bonchev–Trinajstić information content (AvgIpc) is 3.68. The molecule has 2 saturated carbocycles. The quantitative estimate of drug-likeness (QED) is 0.124. The van der Waals surface area contributed by atoms with E-state index >= 15 is 0 Å². The zero-order valence-corrected chi connectivity index (χ0v) is 19.4. The van der Waals surface area contributed by atoms with Crippen LogP contribution in [0.15, 0.2) is 6.07 Å². The third kappa shape index (κ3) is 6.33. The zero-order chi connectivity index (χ0) is 24.1. The van der Waals surface area contributed by atoms with Gasteiger partial charge >= 0.3 is 11.9 Å². The first-order valence-electron chi connectivity index (χ1n) is 12.4. The van der Waals surface area contributed by atoms with Crippen molar-refractivity contribution in [2.75, 3.05) is 0 Å². The molecule has 0 heterocycles. The third-order valence-electron chi connectivity index (χ3n) is 7.73. The Morgan fingerprint density at radius 3 is 1.58 bits per heavy atom. The van der Waals surface area contributed by atoms with E-state index in [0.717, 1.165) is 83.5 Å².